The van der Waals surface area contributed by atoms with Crippen molar-refractivity contribution < 1.29 is 18.0 Å². The Kier molecular flexibility index (Phi) is 3.69. The molecule has 0 radical (unpaired) electrons. The number of rotatable bonds is 3. The summed E-state index contributed by atoms with van der Waals surface area (Å²) in [7, 11) is 0. The first-order valence-electron chi connectivity index (χ1n) is 6.19. The molecule has 0 fully saturated rings. The standard InChI is InChI=1S/C13H14F3N3O/c1-3-8(2)17-12(20)10-11(13(14,15)16)18-9-6-4-5-7-19(9)10/h4-8H,3H2,1-2H3,(H,17,20). The Balaban J connectivity index is 2.57. The number of nitrogens with one attached hydrogen (secondary N) is 1. The number of halogens is 3. The van der Waals surface area contributed by atoms with E-state index in [1.54, 1.807) is 19.1 Å². The van der Waals surface area contributed by atoms with Crippen LogP contribution in [-0.4, -0.2) is 21.3 Å². The minimum Gasteiger partial charge on any atom is -0.348 e. The van der Waals surface area contributed by atoms with E-state index in [1.165, 1.54) is 12.3 Å². The van der Waals surface area contributed by atoms with Gasteiger partial charge in [0.05, 0.1) is 0 Å². The fourth-order valence-electron chi connectivity index (χ4n) is 1.80. The van der Waals surface area contributed by atoms with Gasteiger partial charge in [0, 0.05) is 12.2 Å². The number of amides is 1. The van der Waals surface area contributed by atoms with Crippen LogP contribution in [0.25, 0.3) is 5.65 Å². The summed E-state index contributed by atoms with van der Waals surface area (Å²) < 4.78 is 40.2. The number of imidazole rings is 1. The number of pyridine rings is 1. The van der Waals surface area contributed by atoms with Gasteiger partial charge in [0.15, 0.2) is 5.69 Å². The molecule has 2 rings (SSSR count). The van der Waals surface area contributed by atoms with Gasteiger partial charge in [-0.05, 0) is 25.5 Å². The number of carbonyl (C=O) groups excluding carboxylic acids is 1. The Hall–Kier alpha value is -2.05. The summed E-state index contributed by atoms with van der Waals surface area (Å²) >= 11 is 0. The van der Waals surface area contributed by atoms with E-state index in [-0.39, 0.29) is 11.7 Å². The first-order chi connectivity index (χ1) is 9.34. The second kappa shape index (κ2) is 5.15. The number of fused-ring (bicyclic) bond motifs is 1. The molecule has 1 atom stereocenters. The van der Waals surface area contributed by atoms with Crippen molar-refractivity contribution >= 4 is 11.6 Å². The third kappa shape index (κ3) is 2.61. The normalized spacial score (nSPS) is 13.4. The first kappa shape index (κ1) is 14.4. The van der Waals surface area contributed by atoms with Crippen LogP contribution in [0, 0.1) is 0 Å². The average molecular weight is 285 g/mol. The highest BCUT2D eigenvalue weighted by atomic mass is 19.4. The van der Waals surface area contributed by atoms with Crippen molar-refractivity contribution in [2.24, 2.45) is 0 Å². The number of alkyl halides is 3. The van der Waals surface area contributed by atoms with Gasteiger partial charge in [0.25, 0.3) is 5.91 Å². The third-order valence-corrected chi connectivity index (χ3v) is 3.00. The van der Waals surface area contributed by atoms with Gasteiger partial charge in [-0.3, -0.25) is 9.20 Å². The van der Waals surface area contributed by atoms with E-state index in [0.717, 1.165) is 4.40 Å². The van der Waals surface area contributed by atoms with Gasteiger partial charge in [0.2, 0.25) is 0 Å². The maximum atomic E-state index is 13.0. The predicted octanol–water partition coefficient (Wildman–Crippen LogP) is 2.88. The van der Waals surface area contributed by atoms with Crippen molar-refractivity contribution in [1.29, 1.82) is 0 Å². The molecule has 4 nitrogen and oxygen atoms in total. The van der Waals surface area contributed by atoms with Crippen molar-refractivity contribution in [2.45, 2.75) is 32.5 Å². The lowest BCUT2D eigenvalue weighted by Gasteiger charge is -2.13. The fourth-order valence-corrected chi connectivity index (χ4v) is 1.80. The van der Waals surface area contributed by atoms with Crippen molar-refractivity contribution in [2.75, 3.05) is 0 Å². The smallest absolute Gasteiger partial charge is 0.348 e. The van der Waals surface area contributed by atoms with Crippen LogP contribution in [0.3, 0.4) is 0 Å². The maximum Gasteiger partial charge on any atom is 0.435 e. The molecule has 0 spiro atoms. The summed E-state index contributed by atoms with van der Waals surface area (Å²) in [6.45, 7) is 3.57. The van der Waals surface area contributed by atoms with Gasteiger partial charge < -0.3 is 5.32 Å². The lowest BCUT2D eigenvalue weighted by Crippen LogP contribution is -2.34. The Bertz CT molecular complexity index is 633. The topological polar surface area (TPSA) is 46.4 Å². The van der Waals surface area contributed by atoms with E-state index in [0.29, 0.717) is 6.42 Å². The van der Waals surface area contributed by atoms with Gasteiger partial charge >= 0.3 is 6.18 Å². The van der Waals surface area contributed by atoms with Crippen LogP contribution in [0.1, 0.15) is 36.5 Å². The van der Waals surface area contributed by atoms with Crippen molar-refractivity contribution in [3.63, 3.8) is 0 Å². The van der Waals surface area contributed by atoms with E-state index in [1.807, 2.05) is 6.92 Å². The van der Waals surface area contributed by atoms with Crippen molar-refractivity contribution in [3.8, 4) is 0 Å². The summed E-state index contributed by atoms with van der Waals surface area (Å²) in [6, 6.07) is 4.33. The molecule has 0 saturated heterocycles. The largest absolute Gasteiger partial charge is 0.435 e. The summed E-state index contributed by atoms with van der Waals surface area (Å²) in [5, 5.41) is 2.54. The molecule has 1 unspecified atom stereocenters. The molecule has 0 aromatic carbocycles. The van der Waals surface area contributed by atoms with Crippen LogP contribution in [0.15, 0.2) is 24.4 Å². The number of hydrogen-bond donors (Lipinski definition) is 1. The van der Waals surface area contributed by atoms with Crippen LogP contribution in [-0.2, 0) is 6.18 Å². The Morgan fingerprint density at radius 2 is 2.15 bits per heavy atom. The summed E-state index contributed by atoms with van der Waals surface area (Å²) in [4.78, 5) is 15.6. The van der Waals surface area contributed by atoms with E-state index in [4.69, 9.17) is 0 Å². The molecule has 0 saturated carbocycles. The molecule has 0 aliphatic carbocycles. The van der Waals surface area contributed by atoms with Crippen LogP contribution in [0.2, 0.25) is 0 Å². The zero-order valence-corrected chi connectivity index (χ0v) is 11.0. The van der Waals surface area contributed by atoms with Gasteiger partial charge in [0.1, 0.15) is 11.3 Å². The zero-order valence-electron chi connectivity index (χ0n) is 11.0. The highest BCUT2D eigenvalue weighted by Crippen LogP contribution is 2.31. The molecule has 2 aromatic heterocycles. The van der Waals surface area contributed by atoms with Crippen molar-refractivity contribution in [3.05, 3.63) is 35.8 Å². The minimum atomic E-state index is -4.67. The van der Waals surface area contributed by atoms with Gasteiger partial charge in [-0.25, -0.2) is 4.98 Å². The lowest BCUT2D eigenvalue weighted by molar-refractivity contribution is -0.141. The summed E-state index contributed by atoms with van der Waals surface area (Å²) in [5.41, 5.74) is -1.55. The van der Waals surface area contributed by atoms with E-state index in [9.17, 15) is 18.0 Å². The minimum absolute atomic E-state index is 0.0918. The molecule has 0 aliphatic rings. The fraction of sp³-hybridized carbons (Fsp3) is 0.385. The maximum absolute atomic E-state index is 13.0. The predicted molar refractivity (Wildman–Crippen MR) is 67.4 cm³/mol. The molecule has 2 aromatic rings. The van der Waals surface area contributed by atoms with E-state index in [2.05, 4.69) is 10.3 Å². The third-order valence-electron chi connectivity index (χ3n) is 3.00. The van der Waals surface area contributed by atoms with Gasteiger partial charge in [-0.1, -0.05) is 13.0 Å². The van der Waals surface area contributed by atoms with Gasteiger partial charge in [-0.15, -0.1) is 0 Å². The highest BCUT2D eigenvalue weighted by Gasteiger charge is 2.40. The lowest BCUT2D eigenvalue weighted by atomic mass is 10.2. The molecule has 7 heteroatoms. The molecular formula is C13H14F3N3O. The van der Waals surface area contributed by atoms with Crippen LogP contribution < -0.4 is 5.32 Å². The summed E-state index contributed by atoms with van der Waals surface area (Å²) in [6.07, 6.45) is -2.65. The number of hydrogen-bond acceptors (Lipinski definition) is 2. The SMILES string of the molecule is CCC(C)NC(=O)c1c(C(F)(F)F)nc2ccccn12. The second-order valence-electron chi connectivity index (χ2n) is 4.52. The number of nitrogens with zero attached hydrogens (tertiary/aromatic N) is 2. The first-order valence-corrected chi connectivity index (χ1v) is 6.19. The Morgan fingerprint density at radius 3 is 2.75 bits per heavy atom. The Labute approximate surface area is 113 Å². The van der Waals surface area contributed by atoms with Crippen molar-refractivity contribution in [1.82, 2.24) is 14.7 Å². The summed E-state index contributed by atoms with van der Waals surface area (Å²) in [5.74, 6) is -0.773. The van der Waals surface area contributed by atoms with Gasteiger partial charge in [-0.2, -0.15) is 13.2 Å². The molecule has 2 heterocycles. The zero-order chi connectivity index (χ0) is 14.9. The molecular weight excluding hydrogens is 271 g/mol. The second-order valence-corrected chi connectivity index (χ2v) is 4.52. The van der Waals surface area contributed by atoms with E-state index < -0.39 is 23.5 Å². The monoisotopic (exact) mass is 285 g/mol. The molecule has 1 N–H and O–H groups in total. The molecule has 108 valence electrons. The molecule has 0 bridgehead atoms. The molecule has 0 aliphatic heterocycles. The number of aromatic nitrogens is 2. The number of carbonyl (C=O) groups is 1. The molecule has 1 amide bonds. The Morgan fingerprint density at radius 1 is 1.45 bits per heavy atom. The van der Waals surface area contributed by atoms with E-state index >= 15 is 0 Å². The highest BCUT2D eigenvalue weighted by molar-refractivity contribution is 5.95. The average Bonchev–Trinajstić information content (AvgIpc) is 2.77. The molecule has 20 heavy (non-hydrogen) atoms. The van der Waals surface area contributed by atoms with Crippen LogP contribution in [0.4, 0.5) is 13.2 Å². The quantitative estimate of drug-likeness (QED) is 0.942. The van der Waals surface area contributed by atoms with Crippen LogP contribution >= 0.6 is 0 Å². The van der Waals surface area contributed by atoms with Crippen LogP contribution in [0.5, 0.6) is 0 Å².